The minimum Gasteiger partial charge on any atom is -0.304 e. The molecular formula is C16H19F2NO2. The zero-order chi connectivity index (χ0) is 15.6. The maximum atomic E-state index is 13.4. The molecule has 0 saturated heterocycles. The largest absolute Gasteiger partial charge is 0.304 e. The van der Waals surface area contributed by atoms with Crippen molar-refractivity contribution in [3.05, 3.63) is 29.3 Å². The Morgan fingerprint density at radius 3 is 2.43 bits per heavy atom. The standard InChI is InChI=1S/C16H19F2NO2/c1-3-5-6-10(4-2)9-19-14-8-13(18)12(17)7-11(14)15(20)16(19)21/h7-8,10H,3-6,9H2,1-2H3. The number of anilines is 1. The van der Waals surface area contributed by atoms with Gasteiger partial charge < -0.3 is 4.90 Å². The van der Waals surface area contributed by atoms with Gasteiger partial charge in [0.05, 0.1) is 11.3 Å². The molecule has 1 aliphatic rings. The minimum atomic E-state index is -1.10. The highest BCUT2D eigenvalue weighted by Gasteiger charge is 2.37. The fourth-order valence-corrected chi connectivity index (χ4v) is 2.65. The summed E-state index contributed by atoms with van der Waals surface area (Å²) in [6.07, 6.45) is 3.92. The second-order valence-corrected chi connectivity index (χ2v) is 5.44. The van der Waals surface area contributed by atoms with Gasteiger partial charge in [0.25, 0.3) is 11.7 Å². The fourth-order valence-electron chi connectivity index (χ4n) is 2.65. The van der Waals surface area contributed by atoms with Crippen LogP contribution in [0.2, 0.25) is 0 Å². The number of amides is 1. The molecule has 0 spiro atoms. The van der Waals surface area contributed by atoms with Gasteiger partial charge in [-0.2, -0.15) is 0 Å². The first kappa shape index (κ1) is 15.6. The highest BCUT2D eigenvalue weighted by atomic mass is 19.2. The van der Waals surface area contributed by atoms with Gasteiger partial charge in [-0.05, 0) is 18.4 Å². The van der Waals surface area contributed by atoms with Gasteiger partial charge in [0, 0.05) is 12.6 Å². The van der Waals surface area contributed by atoms with Crippen molar-refractivity contribution in [3.8, 4) is 0 Å². The van der Waals surface area contributed by atoms with Crippen molar-refractivity contribution in [2.45, 2.75) is 39.5 Å². The highest BCUT2D eigenvalue weighted by molar-refractivity contribution is 6.52. The lowest BCUT2D eigenvalue weighted by atomic mass is 9.98. The third-order valence-corrected chi connectivity index (χ3v) is 4.00. The Bertz CT molecular complexity index is 572. The molecule has 1 heterocycles. The van der Waals surface area contributed by atoms with Gasteiger partial charge >= 0.3 is 0 Å². The van der Waals surface area contributed by atoms with Crippen LogP contribution in [0.15, 0.2) is 12.1 Å². The maximum Gasteiger partial charge on any atom is 0.299 e. The first-order chi connectivity index (χ1) is 9.99. The van der Waals surface area contributed by atoms with Crippen LogP contribution in [0, 0.1) is 17.6 Å². The molecule has 1 atom stereocenters. The van der Waals surface area contributed by atoms with Crippen LogP contribution in [0.3, 0.4) is 0 Å². The van der Waals surface area contributed by atoms with Crippen molar-refractivity contribution in [2.75, 3.05) is 11.4 Å². The molecule has 0 radical (unpaired) electrons. The van der Waals surface area contributed by atoms with Crippen LogP contribution in [0.1, 0.15) is 49.9 Å². The normalized spacial score (nSPS) is 15.5. The number of nitrogens with zero attached hydrogens (tertiary/aromatic N) is 1. The number of Topliss-reactive ketones (excluding diaryl/α,β-unsaturated/α-hetero) is 1. The summed E-state index contributed by atoms with van der Waals surface area (Å²) in [6.45, 7) is 4.48. The van der Waals surface area contributed by atoms with E-state index in [4.69, 9.17) is 0 Å². The predicted octanol–water partition coefficient (Wildman–Crippen LogP) is 3.71. The van der Waals surface area contributed by atoms with Crippen LogP contribution in [-0.2, 0) is 4.79 Å². The predicted molar refractivity (Wildman–Crippen MR) is 76.3 cm³/mol. The summed E-state index contributed by atoms with van der Waals surface area (Å²) in [5, 5.41) is 0. The molecule has 0 bridgehead atoms. The zero-order valence-electron chi connectivity index (χ0n) is 12.3. The average molecular weight is 295 g/mol. The van der Waals surface area contributed by atoms with E-state index in [1.165, 1.54) is 4.90 Å². The summed E-state index contributed by atoms with van der Waals surface area (Å²) in [7, 11) is 0. The quantitative estimate of drug-likeness (QED) is 0.750. The van der Waals surface area contributed by atoms with Crippen molar-refractivity contribution < 1.29 is 18.4 Å². The van der Waals surface area contributed by atoms with Crippen molar-refractivity contribution in [3.63, 3.8) is 0 Å². The van der Waals surface area contributed by atoms with Gasteiger partial charge in [0.1, 0.15) is 0 Å². The summed E-state index contributed by atoms with van der Waals surface area (Å²) in [5.41, 5.74) is 0.156. The molecule has 21 heavy (non-hydrogen) atoms. The molecule has 0 aliphatic carbocycles. The van der Waals surface area contributed by atoms with Crippen molar-refractivity contribution in [1.29, 1.82) is 0 Å². The summed E-state index contributed by atoms with van der Waals surface area (Å²) in [6, 6.07) is 1.76. The first-order valence-electron chi connectivity index (χ1n) is 7.34. The van der Waals surface area contributed by atoms with Crippen molar-refractivity contribution in [1.82, 2.24) is 0 Å². The second kappa shape index (κ2) is 6.33. The Morgan fingerprint density at radius 2 is 1.81 bits per heavy atom. The van der Waals surface area contributed by atoms with Crippen molar-refractivity contribution in [2.24, 2.45) is 5.92 Å². The molecule has 1 amide bonds. The topological polar surface area (TPSA) is 37.4 Å². The molecule has 0 fully saturated rings. The van der Waals surface area contributed by atoms with E-state index in [9.17, 15) is 18.4 Å². The molecule has 1 aliphatic heterocycles. The molecule has 1 aromatic rings. The smallest absolute Gasteiger partial charge is 0.299 e. The number of halogens is 2. The molecule has 1 unspecified atom stereocenters. The number of ketones is 1. The van der Waals surface area contributed by atoms with Crippen molar-refractivity contribution >= 4 is 17.4 Å². The lowest BCUT2D eigenvalue weighted by Crippen LogP contribution is -2.34. The number of hydrogen-bond donors (Lipinski definition) is 0. The molecule has 2 rings (SSSR count). The number of rotatable bonds is 6. The summed E-state index contributed by atoms with van der Waals surface area (Å²) in [5.74, 6) is -3.34. The van der Waals surface area contributed by atoms with Crippen LogP contribution >= 0.6 is 0 Å². The molecular weight excluding hydrogens is 276 g/mol. The summed E-state index contributed by atoms with van der Waals surface area (Å²) < 4.78 is 26.6. The third kappa shape index (κ3) is 2.96. The Balaban J connectivity index is 2.27. The second-order valence-electron chi connectivity index (χ2n) is 5.44. The van der Waals surface area contributed by atoms with Crippen LogP contribution in [0.25, 0.3) is 0 Å². The van der Waals surface area contributed by atoms with Crippen LogP contribution in [0.5, 0.6) is 0 Å². The van der Waals surface area contributed by atoms with Gasteiger partial charge in [0.2, 0.25) is 0 Å². The summed E-state index contributed by atoms with van der Waals surface area (Å²) >= 11 is 0. The zero-order valence-corrected chi connectivity index (χ0v) is 12.3. The Kier molecular flexibility index (Phi) is 4.70. The van der Waals surface area contributed by atoms with E-state index in [-0.39, 0.29) is 17.2 Å². The van der Waals surface area contributed by atoms with Crippen LogP contribution < -0.4 is 4.90 Å². The van der Waals surface area contributed by atoms with Gasteiger partial charge in [-0.1, -0.05) is 33.1 Å². The van der Waals surface area contributed by atoms with E-state index < -0.39 is 23.3 Å². The number of fused-ring (bicyclic) bond motifs is 1. The minimum absolute atomic E-state index is 0.0377. The van der Waals surface area contributed by atoms with E-state index in [2.05, 4.69) is 6.92 Å². The van der Waals surface area contributed by atoms with Gasteiger partial charge in [-0.25, -0.2) is 8.78 Å². The Hall–Kier alpha value is -1.78. The van der Waals surface area contributed by atoms with E-state index in [1.54, 1.807) is 0 Å². The molecule has 114 valence electrons. The number of hydrogen-bond acceptors (Lipinski definition) is 2. The molecule has 1 aromatic carbocycles. The van der Waals surface area contributed by atoms with E-state index in [1.807, 2.05) is 6.92 Å². The molecule has 0 aromatic heterocycles. The maximum absolute atomic E-state index is 13.4. The molecule has 0 saturated carbocycles. The fraction of sp³-hybridized carbons (Fsp3) is 0.500. The molecule has 3 nitrogen and oxygen atoms in total. The lowest BCUT2D eigenvalue weighted by molar-refractivity contribution is -0.114. The number of unbranched alkanes of at least 4 members (excludes halogenated alkanes) is 1. The van der Waals surface area contributed by atoms with Gasteiger partial charge in [-0.3, -0.25) is 9.59 Å². The lowest BCUT2D eigenvalue weighted by Gasteiger charge is -2.23. The van der Waals surface area contributed by atoms with E-state index in [0.717, 1.165) is 37.8 Å². The van der Waals surface area contributed by atoms with E-state index in [0.29, 0.717) is 6.54 Å². The average Bonchev–Trinajstić information content (AvgIpc) is 2.69. The molecule has 5 heteroatoms. The Morgan fingerprint density at radius 1 is 1.14 bits per heavy atom. The van der Waals surface area contributed by atoms with E-state index >= 15 is 0 Å². The Labute approximate surface area is 122 Å². The first-order valence-corrected chi connectivity index (χ1v) is 7.34. The van der Waals surface area contributed by atoms with Gasteiger partial charge in [-0.15, -0.1) is 0 Å². The third-order valence-electron chi connectivity index (χ3n) is 4.00. The number of benzene rings is 1. The monoisotopic (exact) mass is 295 g/mol. The number of carbonyl (C=O) groups excluding carboxylic acids is 2. The highest BCUT2D eigenvalue weighted by Crippen LogP contribution is 2.32. The van der Waals surface area contributed by atoms with Gasteiger partial charge in [0.15, 0.2) is 11.6 Å². The molecule has 0 N–H and O–H groups in total. The van der Waals surface area contributed by atoms with Crippen LogP contribution in [0.4, 0.5) is 14.5 Å². The van der Waals surface area contributed by atoms with Crippen LogP contribution in [-0.4, -0.2) is 18.2 Å². The summed E-state index contributed by atoms with van der Waals surface area (Å²) in [4.78, 5) is 25.2. The number of carbonyl (C=O) groups is 2. The SMILES string of the molecule is CCCCC(CC)CN1C(=O)C(=O)c2cc(F)c(F)cc21.